The van der Waals surface area contributed by atoms with Gasteiger partial charge in [-0.2, -0.15) is 0 Å². The summed E-state index contributed by atoms with van der Waals surface area (Å²) >= 11 is 1.27. The van der Waals surface area contributed by atoms with E-state index in [1.165, 1.54) is 29.7 Å². The first-order valence-corrected chi connectivity index (χ1v) is 5.80. The number of carbonyl (C=O) groups excluding carboxylic acids is 1. The van der Waals surface area contributed by atoms with Gasteiger partial charge in [0, 0.05) is 5.38 Å². The van der Waals surface area contributed by atoms with Gasteiger partial charge in [0.1, 0.15) is 17.3 Å². The average Bonchev–Trinajstić information content (AvgIpc) is 2.71. The van der Waals surface area contributed by atoms with Gasteiger partial charge >= 0.3 is 0 Å². The quantitative estimate of drug-likeness (QED) is 0.769. The van der Waals surface area contributed by atoms with Crippen LogP contribution in [0.25, 0.3) is 0 Å². The summed E-state index contributed by atoms with van der Waals surface area (Å²) in [6, 6.07) is 2.39. The summed E-state index contributed by atoms with van der Waals surface area (Å²) in [6.07, 6.45) is 0. The molecule has 88 valence electrons. The molecule has 2 nitrogen and oxygen atoms in total. The van der Waals surface area contributed by atoms with Gasteiger partial charge in [-0.25, -0.2) is 13.8 Å². The maximum Gasteiger partial charge on any atom is 0.218 e. The number of aryl methyl sites for hydroxylation is 2. The predicted molar refractivity (Wildman–Crippen MR) is 61.4 cm³/mol. The number of rotatable bonds is 2. The molecular formula is C12H9F2NOS. The molecule has 0 unspecified atom stereocenters. The molecule has 0 fully saturated rings. The lowest BCUT2D eigenvalue weighted by Gasteiger charge is -2.04. The van der Waals surface area contributed by atoms with Crippen LogP contribution in [-0.4, -0.2) is 10.8 Å². The number of thiazole rings is 1. The second-order valence-electron chi connectivity index (χ2n) is 3.63. The van der Waals surface area contributed by atoms with Crippen LogP contribution in [0.4, 0.5) is 8.78 Å². The van der Waals surface area contributed by atoms with E-state index < -0.39 is 23.0 Å². The third-order valence-electron chi connectivity index (χ3n) is 2.36. The van der Waals surface area contributed by atoms with Gasteiger partial charge < -0.3 is 0 Å². The van der Waals surface area contributed by atoms with Gasteiger partial charge in [-0.3, -0.25) is 4.79 Å². The maximum atomic E-state index is 13.7. The Morgan fingerprint density at radius 1 is 1.29 bits per heavy atom. The van der Waals surface area contributed by atoms with E-state index in [0.29, 0.717) is 5.01 Å². The van der Waals surface area contributed by atoms with Crippen molar-refractivity contribution in [1.82, 2.24) is 4.98 Å². The number of benzene rings is 1. The van der Waals surface area contributed by atoms with Crippen LogP contribution < -0.4 is 0 Å². The van der Waals surface area contributed by atoms with Crippen molar-refractivity contribution in [2.75, 3.05) is 0 Å². The second-order valence-corrected chi connectivity index (χ2v) is 4.70. The SMILES string of the molecule is Cc1nc(C(=O)c2c(F)ccc(C)c2F)cs1. The number of nitrogens with zero attached hydrogens (tertiary/aromatic N) is 1. The molecule has 17 heavy (non-hydrogen) atoms. The topological polar surface area (TPSA) is 30.0 Å². The van der Waals surface area contributed by atoms with Crippen molar-refractivity contribution in [3.8, 4) is 0 Å². The van der Waals surface area contributed by atoms with Crippen molar-refractivity contribution in [1.29, 1.82) is 0 Å². The monoisotopic (exact) mass is 253 g/mol. The number of ketones is 1. The van der Waals surface area contributed by atoms with Crippen molar-refractivity contribution in [2.45, 2.75) is 13.8 Å². The molecule has 1 aromatic heterocycles. The minimum atomic E-state index is -0.858. The number of halogens is 2. The zero-order chi connectivity index (χ0) is 12.6. The van der Waals surface area contributed by atoms with E-state index >= 15 is 0 Å². The molecule has 0 N–H and O–H groups in total. The Hall–Kier alpha value is -1.62. The van der Waals surface area contributed by atoms with Crippen LogP contribution in [0.1, 0.15) is 26.6 Å². The third-order valence-corrected chi connectivity index (χ3v) is 3.14. The molecule has 5 heteroatoms. The first-order chi connectivity index (χ1) is 8.00. The molecule has 1 aromatic carbocycles. The van der Waals surface area contributed by atoms with Gasteiger partial charge in [-0.05, 0) is 25.5 Å². The predicted octanol–water partition coefficient (Wildman–Crippen LogP) is 3.27. The first-order valence-electron chi connectivity index (χ1n) is 4.92. The minimum Gasteiger partial charge on any atom is -0.287 e. The Morgan fingerprint density at radius 3 is 2.59 bits per heavy atom. The Balaban J connectivity index is 2.54. The van der Waals surface area contributed by atoms with Crippen LogP contribution in [-0.2, 0) is 0 Å². The summed E-state index contributed by atoms with van der Waals surface area (Å²) in [4.78, 5) is 15.9. The maximum absolute atomic E-state index is 13.7. The van der Waals surface area contributed by atoms with Crippen molar-refractivity contribution >= 4 is 17.1 Å². The fraction of sp³-hybridized carbons (Fsp3) is 0.167. The highest BCUT2D eigenvalue weighted by atomic mass is 32.1. The summed E-state index contributed by atoms with van der Waals surface area (Å²) in [7, 11) is 0. The van der Waals surface area contributed by atoms with Crippen LogP contribution in [0.15, 0.2) is 17.5 Å². The zero-order valence-electron chi connectivity index (χ0n) is 9.25. The van der Waals surface area contributed by atoms with E-state index in [1.807, 2.05) is 0 Å². The van der Waals surface area contributed by atoms with Crippen LogP contribution in [0.2, 0.25) is 0 Å². The Kier molecular flexibility index (Phi) is 3.02. The molecule has 0 saturated heterocycles. The number of hydrogen-bond donors (Lipinski definition) is 0. The molecule has 0 radical (unpaired) electrons. The second kappa shape index (κ2) is 4.33. The molecule has 0 saturated carbocycles. The third kappa shape index (κ3) is 2.10. The van der Waals surface area contributed by atoms with Crippen LogP contribution in [0, 0.1) is 25.5 Å². The Bertz CT molecular complexity index is 592. The van der Waals surface area contributed by atoms with Crippen LogP contribution >= 0.6 is 11.3 Å². The average molecular weight is 253 g/mol. The fourth-order valence-corrected chi connectivity index (χ4v) is 2.05. The van der Waals surface area contributed by atoms with Crippen molar-refractivity contribution in [3.05, 3.63) is 51.0 Å². The van der Waals surface area contributed by atoms with Crippen molar-refractivity contribution < 1.29 is 13.6 Å². The van der Waals surface area contributed by atoms with Crippen LogP contribution in [0.5, 0.6) is 0 Å². The molecule has 0 spiro atoms. The summed E-state index contributed by atoms with van der Waals surface area (Å²) in [5.74, 6) is -2.39. The molecule has 0 aliphatic carbocycles. The lowest BCUT2D eigenvalue weighted by Crippen LogP contribution is -2.09. The van der Waals surface area contributed by atoms with Crippen molar-refractivity contribution in [2.24, 2.45) is 0 Å². The Labute approximate surface area is 101 Å². The van der Waals surface area contributed by atoms with E-state index in [4.69, 9.17) is 0 Å². The van der Waals surface area contributed by atoms with Crippen LogP contribution in [0.3, 0.4) is 0 Å². The Morgan fingerprint density at radius 2 is 2.00 bits per heavy atom. The molecule has 1 heterocycles. The molecule has 2 aromatic rings. The fourth-order valence-electron chi connectivity index (χ4n) is 1.46. The zero-order valence-corrected chi connectivity index (χ0v) is 10.1. The van der Waals surface area contributed by atoms with Gasteiger partial charge in [0.15, 0.2) is 0 Å². The van der Waals surface area contributed by atoms with Gasteiger partial charge in [0.2, 0.25) is 5.78 Å². The molecule has 0 aliphatic rings. The normalized spacial score (nSPS) is 10.6. The summed E-state index contributed by atoms with van der Waals surface area (Å²) < 4.78 is 27.2. The van der Waals surface area contributed by atoms with Crippen molar-refractivity contribution in [3.63, 3.8) is 0 Å². The molecule has 0 amide bonds. The number of carbonyl (C=O) groups is 1. The molecular weight excluding hydrogens is 244 g/mol. The summed E-state index contributed by atoms with van der Waals surface area (Å²) in [5, 5.41) is 2.18. The molecule has 2 rings (SSSR count). The molecule has 0 bridgehead atoms. The lowest BCUT2D eigenvalue weighted by molar-refractivity contribution is 0.102. The lowest BCUT2D eigenvalue weighted by atomic mass is 10.0. The molecule has 0 atom stereocenters. The minimum absolute atomic E-state index is 0.0795. The van der Waals surface area contributed by atoms with Gasteiger partial charge in [-0.15, -0.1) is 11.3 Å². The summed E-state index contributed by atoms with van der Waals surface area (Å²) in [6.45, 7) is 3.21. The number of aromatic nitrogens is 1. The highest BCUT2D eigenvalue weighted by Gasteiger charge is 2.22. The standard InChI is InChI=1S/C12H9F2NOS/c1-6-3-4-8(13)10(11(6)14)12(16)9-5-17-7(2)15-9/h3-5H,1-2H3. The van der Waals surface area contributed by atoms with E-state index in [0.717, 1.165) is 6.07 Å². The van der Waals surface area contributed by atoms with Gasteiger partial charge in [0.25, 0.3) is 0 Å². The highest BCUT2D eigenvalue weighted by Crippen LogP contribution is 2.20. The highest BCUT2D eigenvalue weighted by molar-refractivity contribution is 7.09. The number of hydrogen-bond acceptors (Lipinski definition) is 3. The van der Waals surface area contributed by atoms with Gasteiger partial charge in [-0.1, -0.05) is 6.07 Å². The van der Waals surface area contributed by atoms with E-state index in [1.54, 1.807) is 6.92 Å². The van der Waals surface area contributed by atoms with E-state index in [9.17, 15) is 13.6 Å². The first kappa shape index (κ1) is 11.9. The molecule has 0 aliphatic heterocycles. The summed E-state index contributed by atoms with van der Waals surface area (Å²) in [5.41, 5.74) is -0.215. The largest absolute Gasteiger partial charge is 0.287 e. The van der Waals surface area contributed by atoms with E-state index in [-0.39, 0.29) is 11.3 Å². The van der Waals surface area contributed by atoms with Gasteiger partial charge in [0.05, 0.1) is 10.6 Å². The van der Waals surface area contributed by atoms with E-state index in [2.05, 4.69) is 4.98 Å². The smallest absolute Gasteiger partial charge is 0.218 e.